The molecule has 9 heteroatoms. The number of hydrogen-bond acceptors (Lipinski definition) is 7. The zero-order valence-electron chi connectivity index (χ0n) is 19.8. The van der Waals surface area contributed by atoms with Crippen LogP contribution in [0.4, 0.5) is 14.5 Å². The molecule has 0 bridgehead atoms. The Labute approximate surface area is 200 Å². The van der Waals surface area contributed by atoms with Crippen LogP contribution in [0.3, 0.4) is 0 Å². The maximum absolute atomic E-state index is 13.2. The second-order valence-electron chi connectivity index (χ2n) is 9.16. The summed E-state index contributed by atoms with van der Waals surface area (Å²) in [6, 6.07) is 6.27. The standard InChI is InChI=1S/C25H34F2N6O/c1-19-14-21(33-12-10-32(11-13-33)17-20-4-2-3-9-30-20)5-6-23(19)24(31-28)16-29-15-22-7-8-25(26,27)18-34-22/h2,4-6,14,16,22H,3,7-13,15,17-18,28H2,1H3/b29-16?,31-24+. The number of hydrazone groups is 1. The quantitative estimate of drug-likeness (QED) is 0.376. The van der Waals surface area contributed by atoms with Crippen LogP contribution < -0.4 is 10.7 Å². The monoisotopic (exact) mass is 472 g/mol. The maximum Gasteiger partial charge on any atom is 0.271 e. The van der Waals surface area contributed by atoms with Gasteiger partial charge in [-0.2, -0.15) is 5.10 Å². The van der Waals surface area contributed by atoms with E-state index in [-0.39, 0.29) is 12.5 Å². The van der Waals surface area contributed by atoms with E-state index in [2.05, 4.69) is 49.2 Å². The number of nitrogens with zero attached hydrogens (tertiary/aromatic N) is 5. The minimum Gasteiger partial charge on any atom is -0.370 e. The number of aliphatic imine (C=N–C) groups is 2. The Morgan fingerprint density at radius 1 is 1.29 bits per heavy atom. The molecule has 4 rings (SSSR count). The summed E-state index contributed by atoms with van der Waals surface area (Å²) < 4.78 is 31.7. The van der Waals surface area contributed by atoms with Gasteiger partial charge in [-0.1, -0.05) is 12.1 Å². The van der Waals surface area contributed by atoms with E-state index in [4.69, 9.17) is 10.6 Å². The third-order valence-electron chi connectivity index (χ3n) is 6.55. The molecule has 2 N–H and O–H groups in total. The molecule has 3 aliphatic rings. The molecule has 3 heterocycles. The molecule has 0 spiro atoms. The lowest BCUT2D eigenvalue weighted by atomic mass is 10.0. The highest BCUT2D eigenvalue weighted by Crippen LogP contribution is 2.28. The summed E-state index contributed by atoms with van der Waals surface area (Å²) in [4.78, 5) is 13.8. The summed E-state index contributed by atoms with van der Waals surface area (Å²) in [6.45, 7) is 7.59. The Balaban J connectivity index is 1.30. The van der Waals surface area contributed by atoms with Crippen molar-refractivity contribution in [1.29, 1.82) is 0 Å². The fourth-order valence-electron chi connectivity index (χ4n) is 4.52. The van der Waals surface area contributed by atoms with E-state index < -0.39 is 12.5 Å². The number of nitrogens with two attached hydrogens (primary N) is 1. The number of benzene rings is 1. The van der Waals surface area contributed by atoms with E-state index in [1.54, 1.807) is 6.21 Å². The van der Waals surface area contributed by atoms with Crippen molar-refractivity contribution in [3.8, 4) is 0 Å². The van der Waals surface area contributed by atoms with Crippen LogP contribution >= 0.6 is 0 Å². The van der Waals surface area contributed by atoms with Gasteiger partial charge in [0.2, 0.25) is 0 Å². The highest BCUT2D eigenvalue weighted by molar-refractivity contribution is 6.38. The van der Waals surface area contributed by atoms with Gasteiger partial charge in [0.25, 0.3) is 5.92 Å². The SMILES string of the molecule is Cc1cc(N2CCN(CC3=NCCC=C3)CC2)ccc1/C(C=NCC1CCC(F)(F)CO1)=N/N. The van der Waals surface area contributed by atoms with E-state index in [0.29, 0.717) is 18.7 Å². The van der Waals surface area contributed by atoms with Crippen LogP contribution in [0.15, 0.2) is 45.4 Å². The van der Waals surface area contributed by atoms with Gasteiger partial charge in [0.05, 0.1) is 12.6 Å². The van der Waals surface area contributed by atoms with Crippen molar-refractivity contribution in [2.45, 2.75) is 38.2 Å². The molecule has 2 saturated heterocycles. The lowest BCUT2D eigenvalue weighted by Crippen LogP contribution is -2.48. The molecule has 34 heavy (non-hydrogen) atoms. The lowest BCUT2D eigenvalue weighted by molar-refractivity contribution is -0.140. The molecule has 2 fully saturated rings. The molecule has 0 radical (unpaired) electrons. The molecule has 1 atom stereocenters. The number of hydrogen-bond donors (Lipinski definition) is 1. The normalized spacial score (nSPS) is 24.0. The summed E-state index contributed by atoms with van der Waals surface area (Å²) in [5, 5.41) is 3.90. The Morgan fingerprint density at radius 3 is 2.76 bits per heavy atom. The first-order chi connectivity index (χ1) is 16.4. The predicted molar refractivity (Wildman–Crippen MR) is 134 cm³/mol. The maximum atomic E-state index is 13.2. The van der Waals surface area contributed by atoms with Crippen LogP contribution in [-0.2, 0) is 4.74 Å². The van der Waals surface area contributed by atoms with Crippen LogP contribution in [-0.4, -0.2) is 87.0 Å². The number of aryl methyl sites for hydroxylation is 1. The zero-order chi connectivity index (χ0) is 24.0. The van der Waals surface area contributed by atoms with Crippen molar-refractivity contribution < 1.29 is 13.5 Å². The molecule has 0 amide bonds. The molecule has 1 aromatic rings. The third kappa shape index (κ3) is 6.48. The van der Waals surface area contributed by atoms with Crippen LogP contribution in [0.25, 0.3) is 0 Å². The molecule has 0 aromatic heterocycles. The van der Waals surface area contributed by atoms with E-state index in [1.807, 2.05) is 13.0 Å². The highest BCUT2D eigenvalue weighted by Gasteiger charge is 2.35. The fraction of sp³-hybridized carbons (Fsp3) is 0.560. The van der Waals surface area contributed by atoms with Gasteiger partial charge in [-0.3, -0.25) is 14.9 Å². The smallest absolute Gasteiger partial charge is 0.271 e. The number of piperazine rings is 1. The largest absolute Gasteiger partial charge is 0.370 e. The van der Waals surface area contributed by atoms with Gasteiger partial charge in [-0.15, -0.1) is 0 Å². The Kier molecular flexibility index (Phi) is 8.05. The molecule has 1 aromatic carbocycles. The zero-order valence-corrected chi connectivity index (χ0v) is 19.8. The third-order valence-corrected chi connectivity index (χ3v) is 6.55. The van der Waals surface area contributed by atoms with Crippen LogP contribution in [0.5, 0.6) is 0 Å². The van der Waals surface area contributed by atoms with Crippen molar-refractivity contribution in [2.24, 2.45) is 20.9 Å². The van der Waals surface area contributed by atoms with Crippen molar-refractivity contribution in [1.82, 2.24) is 4.90 Å². The molecular formula is C25H34F2N6O. The number of halogens is 2. The van der Waals surface area contributed by atoms with Gasteiger partial charge < -0.3 is 15.5 Å². The highest BCUT2D eigenvalue weighted by atomic mass is 19.3. The summed E-state index contributed by atoms with van der Waals surface area (Å²) in [6.07, 6.45) is 6.86. The van der Waals surface area contributed by atoms with Gasteiger partial charge in [0.15, 0.2) is 0 Å². The van der Waals surface area contributed by atoms with Crippen molar-refractivity contribution in [3.63, 3.8) is 0 Å². The van der Waals surface area contributed by atoms with Gasteiger partial charge in [0.1, 0.15) is 12.3 Å². The van der Waals surface area contributed by atoms with E-state index in [0.717, 1.165) is 56.8 Å². The molecule has 7 nitrogen and oxygen atoms in total. The molecule has 1 unspecified atom stereocenters. The molecule has 0 saturated carbocycles. The average Bonchev–Trinajstić information content (AvgIpc) is 2.84. The van der Waals surface area contributed by atoms with Gasteiger partial charge >= 0.3 is 0 Å². The van der Waals surface area contributed by atoms with Gasteiger partial charge in [0, 0.05) is 68.9 Å². The number of alkyl halides is 2. The first-order valence-corrected chi connectivity index (χ1v) is 12.0. The molecular weight excluding hydrogens is 438 g/mol. The van der Waals surface area contributed by atoms with Gasteiger partial charge in [-0.05, 0) is 43.5 Å². The second-order valence-corrected chi connectivity index (χ2v) is 9.16. The van der Waals surface area contributed by atoms with Crippen LogP contribution in [0.1, 0.15) is 30.4 Å². The first kappa shape index (κ1) is 24.5. The number of rotatable bonds is 7. The summed E-state index contributed by atoms with van der Waals surface area (Å²) >= 11 is 0. The fourth-order valence-corrected chi connectivity index (χ4v) is 4.52. The van der Waals surface area contributed by atoms with Crippen LogP contribution in [0, 0.1) is 6.92 Å². The number of ether oxygens (including phenoxy) is 1. The predicted octanol–water partition coefficient (Wildman–Crippen LogP) is 3.07. The number of anilines is 1. The second kappa shape index (κ2) is 11.2. The van der Waals surface area contributed by atoms with Crippen molar-refractivity contribution in [3.05, 3.63) is 41.5 Å². The Hall–Kier alpha value is -2.65. The first-order valence-electron chi connectivity index (χ1n) is 12.0. The Bertz CT molecular complexity index is 956. The van der Waals surface area contributed by atoms with E-state index >= 15 is 0 Å². The van der Waals surface area contributed by atoms with Crippen LogP contribution in [0.2, 0.25) is 0 Å². The average molecular weight is 473 g/mol. The van der Waals surface area contributed by atoms with Gasteiger partial charge in [-0.25, -0.2) is 8.78 Å². The van der Waals surface area contributed by atoms with E-state index in [9.17, 15) is 8.78 Å². The summed E-state index contributed by atoms with van der Waals surface area (Å²) in [5.74, 6) is 2.91. The van der Waals surface area contributed by atoms with Crippen molar-refractivity contribution >= 4 is 23.3 Å². The summed E-state index contributed by atoms with van der Waals surface area (Å²) in [5.41, 5.74) is 4.90. The lowest BCUT2D eigenvalue weighted by Gasteiger charge is -2.36. The molecule has 184 valence electrons. The topological polar surface area (TPSA) is 78.8 Å². The Morgan fingerprint density at radius 2 is 2.12 bits per heavy atom. The number of dihydropyridines is 1. The molecule has 0 aliphatic carbocycles. The summed E-state index contributed by atoms with van der Waals surface area (Å²) in [7, 11) is 0. The minimum atomic E-state index is -2.73. The van der Waals surface area contributed by atoms with Crippen molar-refractivity contribution in [2.75, 3.05) is 57.3 Å². The minimum absolute atomic E-state index is 0.161. The molecule has 3 aliphatic heterocycles. The van der Waals surface area contributed by atoms with E-state index in [1.165, 1.54) is 11.4 Å².